The Morgan fingerprint density at radius 1 is 1.40 bits per heavy atom. The first-order valence-electron chi connectivity index (χ1n) is 4.42. The molecule has 0 amide bonds. The average molecular weight is 224 g/mol. The molecule has 0 spiro atoms. The van der Waals surface area contributed by atoms with Crippen LogP contribution < -0.4 is 9.84 Å². The van der Waals surface area contributed by atoms with Crippen LogP contribution >= 0.6 is 8.61 Å². The summed E-state index contributed by atoms with van der Waals surface area (Å²) in [6.07, 6.45) is 0. The second-order valence-corrected chi connectivity index (χ2v) is 3.54. The van der Waals surface area contributed by atoms with Crippen LogP contribution in [0.1, 0.15) is 0 Å². The molecular formula is C8H9N4O2P. The van der Waals surface area contributed by atoms with Gasteiger partial charge < -0.3 is 10.3 Å². The molecule has 0 saturated heterocycles. The van der Waals surface area contributed by atoms with E-state index < -0.39 is 4.76 Å². The fraction of sp³-hybridized carbons (Fsp3) is 0.250. The minimum Gasteiger partial charge on any atom is -0.598 e. The lowest BCUT2D eigenvalue weighted by Gasteiger charge is -2.29. The Morgan fingerprint density at radius 2 is 2.13 bits per heavy atom. The van der Waals surface area contributed by atoms with Crippen LogP contribution in [-0.4, -0.2) is 13.1 Å². The number of nitrogens with one attached hydrogen (secondary N) is 1. The number of hydrogen-bond acceptors (Lipinski definition) is 4. The molecule has 2 rings (SSSR count). The molecule has 1 atom stereocenters. The van der Waals surface area contributed by atoms with E-state index in [2.05, 4.69) is 15.4 Å². The van der Waals surface area contributed by atoms with E-state index in [1.165, 1.54) is 0 Å². The number of hydrogen-bond donors (Lipinski definition) is 1. The quantitative estimate of drug-likeness (QED) is 0.486. The first-order chi connectivity index (χ1) is 7.24. The van der Waals surface area contributed by atoms with E-state index in [0.717, 1.165) is 0 Å². The van der Waals surface area contributed by atoms with E-state index >= 15 is 0 Å². The maximum absolute atomic E-state index is 12.0. The van der Waals surface area contributed by atoms with E-state index in [1.807, 2.05) is 0 Å². The SMILES string of the molecule is O=PNc1ccc([N+]2([O-])CCN=N2)cc1. The summed E-state index contributed by atoms with van der Waals surface area (Å²) in [7, 11) is -0.163. The van der Waals surface area contributed by atoms with Crippen molar-refractivity contribution in [2.75, 3.05) is 18.2 Å². The number of hydroxylamine groups is 1. The first-order valence-corrected chi connectivity index (χ1v) is 5.23. The molecule has 1 unspecified atom stereocenters. The lowest BCUT2D eigenvalue weighted by molar-refractivity contribution is 0.432. The summed E-state index contributed by atoms with van der Waals surface area (Å²) in [6, 6.07) is 6.69. The van der Waals surface area contributed by atoms with Gasteiger partial charge in [0.15, 0.2) is 5.69 Å². The molecule has 1 N–H and O–H groups in total. The summed E-state index contributed by atoms with van der Waals surface area (Å²) >= 11 is 0. The van der Waals surface area contributed by atoms with Gasteiger partial charge in [0.2, 0.25) is 0 Å². The number of quaternary nitrogens is 1. The Labute approximate surface area is 88.0 Å². The Kier molecular flexibility index (Phi) is 2.73. The number of anilines is 1. The zero-order chi connectivity index (χ0) is 10.7. The molecule has 7 heteroatoms. The molecule has 0 aliphatic carbocycles. The van der Waals surface area contributed by atoms with Gasteiger partial charge in [0, 0.05) is 23.0 Å². The molecular weight excluding hydrogens is 215 g/mol. The topological polar surface area (TPSA) is 76.9 Å². The first kappa shape index (κ1) is 10.2. The van der Waals surface area contributed by atoms with Crippen molar-refractivity contribution in [2.24, 2.45) is 10.3 Å². The minimum absolute atomic E-state index is 0.163. The van der Waals surface area contributed by atoms with Crippen molar-refractivity contribution in [2.45, 2.75) is 0 Å². The number of nitrogens with zero attached hydrogens (tertiary/aromatic N) is 3. The summed E-state index contributed by atoms with van der Waals surface area (Å²) < 4.78 is 9.51. The molecule has 0 bridgehead atoms. The molecule has 1 aromatic carbocycles. The van der Waals surface area contributed by atoms with Gasteiger partial charge in [-0.25, -0.2) is 4.57 Å². The van der Waals surface area contributed by atoms with Crippen LogP contribution in [0, 0.1) is 5.21 Å². The lowest BCUT2D eigenvalue weighted by Crippen LogP contribution is -2.35. The molecule has 1 aliphatic heterocycles. The molecule has 0 saturated carbocycles. The van der Waals surface area contributed by atoms with Gasteiger partial charge >= 0.3 is 0 Å². The summed E-state index contributed by atoms with van der Waals surface area (Å²) in [5.41, 5.74) is 1.22. The molecule has 78 valence electrons. The fourth-order valence-electron chi connectivity index (χ4n) is 1.37. The second kappa shape index (κ2) is 4.02. The van der Waals surface area contributed by atoms with Crippen molar-refractivity contribution in [3.8, 4) is 0 Å². The molecule has 1 aromatic rings. The van der Waals surface area contributed by atoms with Gasteiger partial charge in [0.1, 0.15) is 13.1 Å². The molecule has 15 heavy (non-hydrogen) atoms. The highest BCUT2D eigenvalue weighted by Crippen LogP contribution is 2.27. The number of benzene rings is 1. The largest absolute Gasteiger partial charge is 0.598 e. The third-order valence-corrected chi connectivity index (χ3v) is 2.51. The summed E-state index contributed by atoms with van der Waals surface area (Å²) in [5, 5.41) is 21.9. The van der Waals surface area contributed by atoms with Crippen LogP contribution in [0.5, 0.6) is 0 Å². The van der Waals surface area contributed by atoms with Crippen molar-refractivity contribution >= 4 is 20.0 Å². The van der Waals surface area contributed by atoms with Crippen LogP contribution in [0.3, 0.4) is 0 Å². The van der Waals surface area contributed by atoms with Gasteiger partial charge in [0.05, 0.1) is 0 Å². The molecule has 1 heterocycles. The maximum atomic E-state index is 12.0. The average Bonchev–Trinajstić information content (AvgIpc) is 2.68. The second-order valence-electron chi connectivity index (χ2n) is 3.13. The van der Waals surface area contributed by atoms with Crippen LogP contribution in [0.4, 0.5) is 11.4 Å². The minimum atomic E-state index is -0.755. The van der Waals surface area contributed by atoms with Crippen molar-refractivity contribution < 1.29 is 4.57 Å². The van der Waals surface area contributed by atoms with Gasteiger partial charge in [-0.1, -0.05) is 0 Å². The number of rotatable bonds is 3. The van der Waals surface area contributed by atoms with Crippen molar-refractivity contribution in [3.63, 3.8) is 0 Å². The fourth-order valence-corrected chi connectivity index (χ4v) is 1.63. The van der Waals surface area contributed by atoms with Crippen LogP contribution in [0.15, 0.2) is 34.6 Å². The normalized spacial score (nSPS) is 24.6. The van der Waals surface area contributed by atoms with E-state index in [-0.39, 0.29) is 8.61 Å². The molecule has 0 aromatic heterocycles. The Hall–Kier alpha value is -1.36. The van der Waals surface area contributed by atoms with E-state index in [9.17, 15) is 9.77 Å². The summed E-state index contributed by atoms with van der Waals surface area (Å²) in [5.74, 6) is 0. The van der Waals surface area contributed by atoms with Crippen molar-refractivity contribution in [1.29, 1.82) is 0 Å². The molecule has 0 fully saturated rings. The monoisotopic (exact) mass is 224 g/mol. The highest BCUT2D eigenvalue weighted by Gasteiger charge is 2.24. The zero-order valence-electron chi connectivity index (χ0n) is 7.83. The predicted molar refractivity (Wildman–Crippen MR) is 57.4 cm³/mol. The Bertz CT molecular complexity index is 394. The lowest BCUT2D eigenvalue weighted by atomic mass is 10.3. The van der Waals surface area contributed by atoms with Gasteiger partial charge in [-0.15, -0.1) is 5.11 Å². The van der Waals surface area contributed by atoms with Crippen LogP contribution in [-0.2, 0) is 4.57 Å². The van der Waals surface area contributed by atoms with Gasteiger partial charge in [-0.2, -0.15) is 4.76 Å². The van der Waals surface area contributed by atoms with Crippen molar-refractivity contribution in [1.82, 2.24) is 4.76 Å². The van der Waals surface area contributed by atoms with Crippen LogP contribution in [0.25, 0.3) is 0 Å². The Balaban J connectivity index is 2.23. The van der Waals surface area contributed by atoms with Gasteiger partial charge in [-0.3, -0.25) is 0 Å². The maximum Gasteiger partial charge on any atom is 0.279 e. The van der Waals surface area contributed by atoms with Crippen LogP contribution in [0.2, 0.25) is 0 Å². The zero-order valence-corrected chi connectivity index (χ0v) is 8.72. The third kappa shape index (κ3) is 2.02. The third-order valence-electron chi connectivity index (χ3n) is 2.16. The molecule has 0 radical (unpaired) electrons. The summed E-state index contributed by atoms with van der Waals surface area (Å²) in [6.45, 7) is 0.801. The smallest absolute Gasteiger partial charge is 0.279 e. The van der Waals surface area contributed by atoms with Gasteiger partial charge in [0.25, 0.3) is 8.61 Å². The summed E-state index contributed by atoms with van der Waals surface area (Å²) in [4.78, 5) is 0. The van der Waals surface area contributed by atoms with E-state index in [4.69, 9.17) is 0 Å². The highest BCUT2D eigenvalue weighted by molar-refractivity contribution is 7.25. The standard InChI is InChI=1S/C8H9N4O2P/c13-12(6-5-9-11-12)8-3-1-7(2-4-8)10-15-14/h1-4H,5-6H2,(H,10,14). The van der Waals surface area contributed by atoms with E-state index in [0.29, 0.717) is 24.5 Å². The predicted octanol–water partition coefficient (Wildman–Crippen LogP) is 2.49. The van der Waals surface area contributed by atoms with E-state index in [1.54, 1.807) is 24.3 Å². The Morgan fingerprint density at radius 3 is 2.67 bits per heavy atom. The molecule has 6 nitrogen and oxygen atoms in total. The van der Waals surface area contributed by atoms with Crippen molar-refractivity contribution in [3.05, 3.63) is 29.5 Å². The highest BCUT2D eigenvalue weighted by atomic mass is 31.1. The van der Waals surface area contributed by atoms with Gasteiger partial charge in [-0.05, 0) is 12.1 Å². The molecule has 1 aliphatic rings.